The van der Waals surface area contributed by atoms with Gasteiger partial charge in [0.1, 0.15) is 0 Å². The van der Waals surface area contributed by atoms with Crippen molar-refractivity contribution in [2.24, 2.45) is 0 Å². The van der Waals surface area contributed by atoms with E-state index >= 15 is 0 Å². The van der Waals surface area contributed by atoms with Crippen LogP contribution in [0.5, 0.6) is 0 Å². The van der Waals surface area contributed by atoms with Gasteiger partial charge in [0.25, 0.3) is 0 Å². The third-order valence-electron chi connectivity index (χ3n) is 3.28. The Labute approximate surface area is 148 Å². The maximum Gasteiger partial charge on any atom is 0.0998 e. The van der Waals surface area contributed by atoms with Gasteiger partial charge in [-0.15, -0.1) is 0 Å². The third kappa shape index (κ3) is 6.30. The molecule has 0 atom stereocenters. The predicted molar refractivity (Wildman–Crippen MR) is 108 cm³/mol. The maximum absolute atomic E-state index is 9.38. The molecule has 128 valence electrons. The van der Waals surface area contributed by atoms with Crippen molar-refractivity contribution >= 4 is 17.3 Å². The summed E-state index contributed by atoms with van der Waals surface area (Å²) < 4.78 is 0. The minimum Gasteiger partial charge on any atom is -0.378 e. The summed E-state index contributed by atoms with van der Waals surface area (Å²) >= 11 is 0. The zero-order valence-electron chi connectivity index (χ0n) is 16.1. The molecule has 0 spiro atoms. The number of hydrogen-bond acceptors (Lipinski definition) is 2. The maximum atomic E-state index is 9.38. The van der Waals surface area contributed by atoms with Gasteiger partial charge in [0.15, 0.2) is 0 Å². The van der Waals surface area contributed by atoms with Crippen LogP contribution in [0, 0.1) is 18.3 Å². The summed E-state index contributed by atoms with van der Waals surface area (Å²) in [6, 6.07) is 18.4. The number of aryl methyl sites for hydroxylation is 1. The average Bonchev–Trinajstić information content (AvgIpc) is 2.64. The lowest BCUT2D eigenvalue weighted by Gasteiger charge is -2.12. The van der Waals surface area contributed by atoms with Crippen molar-refractivity contribution in [1.82, 2.24) is 0 Å². The van der Waals surface area contributed by atoms with Crippen LogP contribution >= 0.6 is 0 Å². The van der Waals surface area contributed by atoms with Crippen molar-refractivity contribution in [1.29, 1.82) is 5.26 Å². The Morgan fingerprint density at radius 2 is 1.46 bits per heavy atom. The number of allylic oxidation sites excluding steroid dienone is 1. The summed E-state index contributed by atoms with van der Waals surface area (Å²) in [5.41, 5.74) is 4.99. The second-order valence-electron chi connectivity index (χ2n) is 4.97. The molecule has 2 nitrogen and oxygen atoms in total. The van der Waals surface area contributed by atoms with Crippen LogP contribution in [0.4, 0.5) is 5.69 Å². The second kappa shape index (κ2) is 12.0. The molecule has 0 aliphatic rings. The van der Waals surface area contributed by atoms with E-state index in [2.05, 4.69) is 23.1 Å². The molecule has 0 bridgehead atoms. The predicted octanol–water partition coefficient (Wildman–Crippen LogP) is 6.18. The highest BCUT2D eigenvalue weighted by Gasteiger charge is 2.04. The molecule has 0 aromatic heterocycles. The SMILES string of the molecule is CC.CC.Cc1ccccc1/C(C#N)=C/c1ccc(N(C)C)cc1. The summed E-state index contributed by atoms with van der Waals surface area (Å²) in [4.78, 5) is 2.06. The largest absolute Gasteiger partial charge is 0.378 e. The molecule has 0 amide bonds. The van der Waals surface area contributed by atoms with Crippen molar-refractivity contribution in [2.75, 3.05) is 19.0 Å². The summed E-state index contributed by atoms with van der Waals surface area (Å²) in [7, 11) is 4.03. The molecule has 24 heavy (non-hydrogen) atoms. The van der Waals surface area contributed by atoms with E-state index in [-0.39, 0.29) is 0 Å². The number of benzene rings is 2. The highest BCUT2D eigenvalue weighted by atomic mass is 15.1. The van der Waals surface area contributed by atoms with Gasteiger partial charge in [0.05, 0.1) is 11.6 Å². The summed E-state index contributed by atoms with van der Waals surface area (Å²) in [5, 5.41) is 9.38. The molecule has 0 N–H and O–H groups in total. The smallest absolute Gasteiger partial charge is 0.0998 e. The Morgan fingerprint density at radius 1 is 0.917 bits per heavy atom. The average molecular weight is 322 g/mol. The molecule has 2 aromatic carbocycles. The van der Waals surface area contributed by atoms with Crippen molar-refractivity contribution in [3.63, 3.8) is 0 Å². The molecule has 0 radical (unpaired) electrons. The number of nitriles is 1. The van der Waals surface area contributed by atoms with E-state index in [1.54, 1.807) is 0 Å². The number of hydrogen-bond donors (Lipinski definition) is 0. The molecule has 0 fully saturated rings. The van der Waals surface area contributed by atoms with E-state index in [1.165, 1.54) is 0 Å². The molecule has 0 heterocycles. The Kier molecular flexibility index (Phi) is 10.7. The Balaban J connectivity index is 0.00000123. The number of rotatable bonds is 3. The van der Waals surface area contributed by atoms with Crippen LogP contribution in [-0.2, 0) is 0 Å². The third-order valence-corrected chi connectivity index (χ3v) is 3.28. The van der Waals surface area contributed by atoms with E-state index in [1.807, 2.05) is 91.2 Å². The topological polar surface area (TPSA) is 27.0 Å². The lowest BCUT2D eigenvalue weighted by Crippen LogP contribution is -2.07. The lowest BCUT2D eigenvalue weighted by atomic mass is 9.99. The first-order valence-corrected chi connectivity index (χ1v) is 8.57. The van der Waals surface area contributed by atoms with E-state index < -0.39 is 0 Å². The molecule has 2 rings (SSSR count). The van der Waals surface area contributed by atoms with Gasteiger partial charge in [0, 0.05) is 19.8 Å². The molecule has 0 aliphatic carbocycles. The van der Waals surface area contributed by atoms with Gasteiger partial charge in [-0.1, -0.05) is 64.1 Å². The van der Waals surface area contributed by atoms with Crippen LogP contribution < -0.4 is 4.90 Å². The van der Waals surface area contributed by atoms with Crippen LogP contribution in [-0.4, -0.2) is 14.1 Å². The summed E-state index contributed by atoms with van der Waals surface area (Å²) in [5.74, 6) is 0. The van der Waals surface area contributed by atoms with E-state index in [0.717, 1.165) is 22.4 Å². The number of anilines is 1. The normalized spacial score (nSPS) is 9.67. The lowest BCUT2D eigenvalue weighted by molar-refractivity contribution is 1.13. The molecule has 0 saturated heterocycles. The first-order valence-electron chi connectivity index (χ1n) is 8.57. The van der Waals surface area contributed by atoms with Crippen LogP contribution in [0.2, 0.25) is 0 Å². The molecule has 0 aliphatic heterocycles. The fourth-order valence-electron chi connectivity index (χ4n) is 2.08. The first-order chi connectivity index (χ1) is 11.6. The Morgan fingerprint density at radius 3 is 1.92 bits per heavy atom. The minimum absolute atomic E-state index is 0.695. The first kappa shape index (κ1) is 21.5. The van der Waals surface area contributed by atoms with Gasteiger partial charge in [-0.2, -0.15) is 5.26 Å². The zero-order valence-corrected chi connectivity index (χ0v) is 16.1. The second-order valence-corrected chi connectivity index (χ2v) is 4.97. The Bertz CT molecular complexity index is 659. The fourth-order valence-corrected chi connectivity index (χ4v) is 2.08. The van der Waals surface area contributed by atoms with Gasteiger partial charge >= 0.3 is 0 Å². The minimum atomic E-state index is 0.695. The standard InChI is InChI=1S/C18H18N2.2C2H6/c1-14-6-4-5-7-18(14)16(13-19)12-15-8-10-17(11-9-15)20(2)3;2*1-2/h4-12H,1-3H3;2*1-2H3/b16-12+;;. The van der Waals surface area contributed by atoms with E-state index in [0.29, 0.717) is 5.57 Å². The molecular weight excluding hydrogens is 292 g/mol. The number of nitrogens with zero attached hydrogens (tertiary/aromatic N) is 2. The van der Waals surface area contributed by atoms with Crippen LogP contribution in [0.3, 0.4) is 0 Å². The quantitative estimate of drug-likeness (QED) is 0.498. The van der Waals surface area contributed by atoms with Crippen LogP contribution in [0.25, 0.3) is 11.6 Å². The van der Waals surface area contributed by atoms with Gasteiger partial charge in [-0.25, -0.2) is 0 Å². The van der Waals surface area contributed by atoms with Gasteiger partial charge in [0.2, 0.25) is 0 Å². The van der Waals surface area contributed by atoms with E-state index in [9.17, 15) is 5.26 Å². The molecular formula is C22H30N2. The summed E-state index contributed by atoms with van der Waals surface area (Å²) in [6.45, 7) is 10.0. The molecule has 2 aromatic rings. The van der Waals surface area contributed by atoms with Crippen molar-refractivity contribution in [2.45, 2.75) is 34.6 Å². The van der Waals surface area contributed by atoms with Gasteiger partial charge in [-0.3, -0.25) is 0 Å². The van der Waals surface area contributed by atoms with Crippen molar-refractivity contribution < 1.29 is 0 Å². The highest BCUT2D eigenvalue weighted by molar-refractivity contribution is 5.90. The molecule has 0 saturated carbocycles. The molecule has 0 unspecified atom stereocenters. The van der Waals surface area contributed by atoms with Crippen molar-refractivity contribution in [3.8, 4) is 6.07 Å². The summed E-state index contributed by atoms with van der Waals surface area (Å²) in [6.07, 6.45) is 1.93. The Hall–Kier alpha value is -2.53. The van der Waals surface area contributed by atoms with Gasteiger partial charge in [-0.05, 0) is 41.8 Å². The van der Waals surface area contributed by atoms with Crippen LogP contribution in [0.1, 0.15) is 44.4 Å². The zero-order chi connectivity index (χ0) is 18.5. The monoisotopic (exact) mass is 322 g/mol. The molecule has 2 heteroatoms. The van der Waals surface area contributed by atoms with E-state index in [4.69, 9.17) is 0 Å². The van der Waals surface area contributed by atoms with Crippen LogP contribution in [0.15, 0.2) is 48.5 Å². The fraction of sp³-hybridized carbons (Fsp3) is 0.318. The van der Waals surface area contributed by atoms with Crippen molar-refractivity contribution in [3.05, 3.63) is 65.2 Å². The highest BCUT2D eigenvalue weighted by Crippen LogP contribution is 2.22. The van der Waals surface area contributed by atoms with Gasteiger partial charge < -0.3 is 4.90 Å².